The van der Waals surface area contributed by atoms with Crippen molar-refractivity contribution in [2.24, 2.45) is 0 Å². The van der Waals surface area contributed by atoms with Crippen LogP contribution in [0.4, 0.5) is 5.69 Å². The van der Waals surface area contributed by atoms with Crippen LogP contribution in [0, 0.1) is 0 Å². The Bertz CT molecular complexity index is 817. The molecule has 0 fully saturated rings. The molecule has 1 N–H and O–H groups in total. The van der Waals surface area contributed by atoms with Crippen LogP contribution < -0.4 is 9.62 Å². The number of nitrogens with one attached hydrogen (secondary N) is 1. The highest BCUT2D eigenvalue weighted by atomic mass is 32.2. The normalized spacial score (nSPS) is 10.9. The third kappa shape index (κ3) is 3.83. The lowest BCUT2D eigenvalue weighted by atomic mass is 10.2. The lowest BCUT2D eigenvalue weighted by Crippen LogP contribution is -2.31. The number of anilines is 1. The summed E-state index contributed by atoms with van der Waals surface area (Å²) in [5.74, 6) is -0.338. The second-order valence-electron chi connectivity index (χ2n) is 5.03. The van der Waals surface area contributed by atoms with Gasteiger partial charge in [-0.1, -0.05) is 30.3 Å². The van der Waals surface area contributed by atoms with Crippen molar-refractivity contribution < 1.29 is 13.2 Å². The molecule has 0 aliphatic carbocycles. The zero-order valence-electron chi connectivity index (χ0n) is 13.5. The van der Waals surface area contributed by atoms with Crippen LogP contribution in [0.5, 0.6) is 0 Å². The Kier molecular flexibility index (Phi) is 5.76. The fourth-order valence-electron chi connectivity index (χ4n) is 2.28. The smallest absolute Gasteiger partial charge is 0.264 e. The monoisotopic (exact) mass is 344 g/mol. The van der Waals surface area contributed by atoms with Gasteiger partial charge in [-0.05, 0) is 37.3 Å². The van der Waals surface area contributed by atoms with Gasteiger partial charge in [-0.2, -0.15) is 0 Å². The molecule has 0 unspecified atom stereocenters. The van der Waals surface area contributed by atoms with Gasteiger partial charge >= 0.3 is 0 Å². The van der Waals surface area contributed by atoms with Crippen molar-refractivity contribution in [3.8, 4) is 0 Å². The molecule has 0 bridgehead atoms. The molecule has 0 aliphatic rings. The summed E-state index contributed by atoms with van der Waals surface area (Å²) in [5, 5.41) is 2.64. The van der Waals surface area contributed by atoms with Crippen LogP contribution in [-0.2, 0) is 10.0 Å². The number of hydrogen-bond donors (Lipinski definition) is 1. The van der Waals surface area contributed by atoms with Gasteiger partial charge in [0.2, 0.25) is 0 Å². The van der Waals surface area contributed by atoms with Gasteiger partial charge in [-0.15, -0.1) is 6.58 Å². The molecule has 24 heavy (non-hydrogen) atoms. The molecule has 0 saturated heterocycles. The maximum absolute atomic E-state index is 12.9. The lowest BCUT2D eigenvalue weighted by molar-refractivity contribution is 0.0958. The van der Waals surface area contributed by atoms with Crippen molar-refractivity contribution in [2.75, 3.05) is 17.4 Å². The molecule has 0 heterocycles. The predicted molar refractivity (Wildman–Crippen MR) is 95.6 cm³/mol. The highest BCUT2D eigenvalue weighted by molar-refractivity contribution is 7.92. The number of carbonyl (C=O) groups is 1. The highest BCUT2D eigenvalue weighted by Gasteiger charge is 2.24. The van der Waals surface area contributed by atoms with E-state index in [-0.39, 0.29) is 10.8 Å². The molecule has 0 spiro atoms. The van der Waals surface area contributed by atoms with E-state index in [1.807, 2.05) is 6.07 Å². The van der Waals surface area contributed by atoms with Crippen molar-refractivity contribution in [3.05, 3.63) is 72.8 Å². The largest absolute Gasteiger partial charge is 0.349 e. The zero-order chi connectivity index (χ0) is 17.6. The molecular weight excluding hydrogens is 324 g/mol. The van der Waals surface area contributed by atoms with Crippen LogP contribution in [-0.4, -0.2) is 27.4 Å². The average Bonchev–Trinajstić information content (AvgIpc) is 2.61. The van der Waals surface area contributed by atoms with E-state index in [0.717, 1.165) is 0 Å². The molecule has 0 aliphatic heterocycles. The molecule has 0 radical (unpaired) electrons. The first-order valence-electron chi connectivity index (χ1n) is 7.57. The maximum Gasteiger partial charge on any atom is 0.264 e. The summed E-state index contributed by atoms with van der Waals surface area (Å²) in [6.07, 6.45) is 1.56. The topological polar surface area (TPSA) is 66.5 Å². The number of carbonyl (C=O) groups excluding carboxylic acids is 1. The zero-order valence-corrected chi connectivity index (χ0v) is 14.3. The van der Waals surface area contributed by atoms with Crippen LogP contribution in [0.1, 0.15) is 17.3 Å². The van der Waals surface area contributed by atoms with Gasteiger partial charge in [0, 0.05) is 18.7 Å². The second kappa shape index (κ2) is 7.79. The first kappa shape index (κ1) is 17.7. The number of nitrogens with zero attached hydrogens (tertiary/aromatic N) is 1. The van der Waals surface area contributed by atoms with E-state index < -0.39 is 10.0 Å². The first-order chi connectivity index (χ1) is 11.5. The molecule has 2 rings (SSSR count). The van der Waals surface area contributed by atoms with Gasteiger partial charge in [-0.3, -0.25) is 9.10 Å². The molecular formula is C18H20N2O3S. The second-order valence-corrected chi connectivity index (χ2v) is 6.89. The summed E-state index contributed by atoms with van der Waals surface area (Å²) in [4.78, 5) is 12.1. The first-order valence-corrected chi connectivity index (χ1v) is 9.01. The van der Waals surface area contributed by atoms with Crippen molar-refractivity contribution in [2.45, 2.75) is 11.8 Å². The molecule has 0 atom stereocenters. The Morgan fingerprint density at radius 2 is 1.88 bits per heavy atom. The number of amides is 1. The minimum atomic E-state index is -3.75. The standard InChI is InChI=1S/C18H20N2O3S/c1-3-13-19-18(21)15-9-8-12-17(14-15)24(22,23)20(4-2)16-10-6-5-7-11-16/h3,5-12,14H,1,4,13H2,2H3,(H,19,21). The van der Waals surface area contributed by atoms with Gasteiger partial charge in [-0.25, -0.2) is 8.42 Å². The van der Waals surface area contributed by atoms with Crippen LogP contribution in [0.25, 0.3) is 0 Å². The lowest BCUT2D eigenvalue weighted by Gasteiger charge is -2.23. The Morgan fingerprint density at radius 3 is 2.50 bits per heavy atom. The van der Waals surface area contributed by atoms with E-state index >= 15 is 0 Å². The Labute approximate surface area is 142 Å². The van der Waals surface area contributed by atoms with E-state index in [1.54, 1.807) is 49.4 Å². The van der Waals surface area contributed by atoms with E-state index in [1.165, 1.54) is 16.4 Å². The number of sulfonamides is 1. The quantitative estimate of drug-likeness (QED) is 0.786. The molecule has 126 valence electrons. The number of benzene rings is 2. The summed E-state index contributed by atoms with van der Waals surface area (Å²) in [5.41, 5.74) is 0.878. The number of hydrogen-bond acceptors (Lipinski definition) is 3. The van der Waals surface area contributed by atoms with E-state index in [4.69, 9.17) is 0 Å². The van der Waals surface area contributed by atoms with Gasteiger partial charge in [0.25, 0.3) is 15.9 Å². The van der Waals surface area contributed by atoms with Crippen molar-refractivity contribution in [3.63, 3.8) is 0 Å². The Balaban J connectivity index is 2.38. The molecule has 2 aromatic rings. The predicted octanol–water partition coefficient (Wildman–Crippen LogP) is 2.82. The summed E-state index contributed by atoms with van der Waals surface area (Å²) in [6, 6.07) is 14.9. The number of rotatable bonds is 7. The average molecular weight is 344 g/mol. The van der Waals surface area contributed by atoms with Crippen LogP contribution in [0.15, 0.2) is 72.1 Å². The molecule has 0 aromatic heterocycles. The molecule has 1 amide bonds. The maximum atomic E-state index is 12.9. The Morgan fingerprint density at radius 1 is 1.17 bits per heavy atom. The van der Waals surface area contributed by atoms with Crippen LogP contribution in [0.2, 0.25) is 0 Å². The van der Waals surface area contributed by atoms with Crippen molar-refractivity contribution >= 4 is 21.6 Å². The van der Waals surface area contributed by atoms with Gasteiger partial charge in [0.1, 0.15) is 0 Å². The van der Waals surface area contributed by atoms with E-state index in [9.17, 15) is 13.2 Å². The molecule has 6 heteroatoms. The van der Waals surface area contributed by atoms with Gasteiger partial charge in [0.15, 0.2) is 0 Å². The van der Waals surface area contributed by atoms with Crippen LogP contribution >= 0.6 is 0 Å². The van der Waals surface area contributed by atoms with Crippen molar-refractivity contribution in [1.82, 2.24) is 5.32 Å². The SMILES string of the molecule is C=CCNC(=O)c1cccc(S(=O)(=O)N(CC)c2ccccc2)c1. The van der Waals surface area contributed by atoms with Gasteiger partial charge in [0.05, 0.1) is 10.6 Å². The molecule has 2 aromatic carbocycles. The summed E-state index contributed by atoms with van der Waals surface area (Å²) in [7, 11) is -3.75. The number of para-hydroxylation sites is 1. The van der Waals surface area contributed by atoms with E-state index in [2.05, 4.69) is 11.9 Å². The summed E-state index contributed by atoms with van der Waals surface area (Å²) in [6.45, 7) is 5.91. The third-order valence-corrected chi connectivity index (χ3v) is 5.32. The third-order valence-electron chi connectivity index (χ3n) is 3.42. The summed E-state index contributed by atoms with van der Waals surface area (Å²) >= 11 is 0. The van der Waals surface area contributed by atoms with Gasteiger partial charge < -0.3 is 5.32 Å². The highest BCUT2D eigenvalue weighted by Crippen LogP contribution is 2.23. The van der Waals surface area contributed by atoms with Crippen LogP contribution in [0.3, 0.4) is 0 Å². The van der Waals surface area contributed by atoms with E-state index in [0.29, 0.717) is 24.3 Å². The Hall–Kier alpha value is -2.60. The summed E-state index contributed by atoms with van der Waals surface area (Å²) < 4.78 is 27.2. The fraction of sp³-hybridized carbons (Fsp3) is 0.167. The fourth-order valence-corrected chi connectivity index (χ4v) is 3.80. The van der Waals surface area contributed by atoms with Crippen molar-refractivity contribution in [1.29, 1.82) is 0 Å². The molecule has 5 nitrogen and oxygen atoms in total. The minimum Gasteiger partial charge on any atom is -0.349 e. The molecule has 0 saturated carbocycles. The minimum absolute atomic E-state index is 0.0828.